The van der Waals surface area contributed by atoms with Crippen molar-refractivity contribution in [1.82, 2.24) is 0 Å². The molecule has 1 aromatic carbocycles. The smallest absolute Gasteiger partial charge is 0.126 e. The summed E-state index contributed by atoms with van der Waals surface area (Å²) in [6.07, 6.45) is 1.41. The quantitative estimate of drug-likeness (QED) is 0.569. The summed E-state index contributed by atoms with van der Waals surface area (Å²) in [6, 6.07) is 9.52. The zero-order valence-electron chi connectivity index (χ0n) is 5.58. The minimum atomic E-state index is 0. The highest BCUT2D eigenvalue weighted by atomic mass is 16.5. The lowest BCUT2D eigenvalue weighted by Gasteiger charge is -1.95. The molecule has 2 N–H and O–H groups in total. The van der Waals surface area contributed by atoms with Crippen LogP contribution in [0.4, 0.5) is 0 Å². The molecular weight excluding hydrogens is 128 g/mol. The number of para-hydroxylation sites is 1. The molecule has 0 heterocycles. The molecule has 0 aliphatic rings. The molecule has 0 aliphatic carbocycles. The van der Waals surface area contributed by atoms with Gasteiger partial charge in [-0.05, 0) is 12.1 Å². The second-order valence-electron chi connectivity index (χ2n) is 1.60. The van der Waals surface area contributed by atoms with E-state index in [0.717, 1.165) is 5.75 Å². The lowest BCUT2D eigenvalue weighted by Crippen LogP contribution is -1.76. The molecule has 2 heteroatoms. The Hall–Kier alpha value is -1.28. The van der Waals surface area contributed by atoms with Crippen molar-refractivity contribution in [2.45, 2.75) is 0 Å². The van der Waals surface area contributed by atoms with Crippen molar-refractivity contribution >= 4 is 0 Å². The van der Waals surface area contributed by atoms with Crippen molar-refractivity contribution in [3.05, 3.63) is 43.2 Å². The van der Waals surface area contributed by atoms with E-state index in [2.05, 4.69) is 6.58 Å². The van der Waals surface area contributed by atoms with Gasteiger partial charge in [0, 0.05) is 0 Å². The van der Waals surface area contributed by atoms with E-state index in [1.54, 1.807) is 0 Å². The van der Waals surface area contributed by atoms with Crippen LogP contribution in [-0.2, 0) is 0 Å². The maximum atomic E-state index is 4.97. The number of benzene rings is 1. The SMILES string of the molecule is C=COc1ccccc1.O. The summed E-state index contributed by atoms with van der Waals surface area (Å²) in [7, 11) is 0. The van der Waals surface area contributed by atoms with E-state index < -0.39 is 0 Å². The van der Waals surface area contributed by atoms with Gasteiger partial charge in [0.1, 0.15) is 5.75 Å². The molecule has 10 heavy (non-hydrogen) atoms. The Balaban J connectivity index is 0.000000810. The molecular formula is C8H10O2. The summed E-state index contributed by atoms with van der Waals surface area (Å²) in [5, 5.41) is 0. The molecule has 1 rings (SSSR count). The molecule has 0 saturated heterocycles. The highest BCUT2D eigenvalue weighted by Crippen LogP contribution is 2.07. The van der Waals surface area contributed by atoms with Crippen LogP contribution in [0.3, 0.4) is 0 Å². The highest BCUT2D eigenvalue weighted by molar-refractivity contribution is 5.21. The van der Waals surface area contributed by atoms with Gasteiger partial charge in [-0.25, -0.2) is 0 Å². The van der Waals surface area contributed by atoms with Crippen molar-refractivity contribution in [2.75, 3.05) is 0 Å². The van der Waals surface area contributed by atoms with Crippen LogP contribution in [0.2, 0.25) is 0 Å². The first kappa shape index (κ1) is 8.72. The fraction of sp³-hybridized carbons (Fsp3) is 0. The lowest BCUT2D eigenvalue weighted by atomic mass is 10.3. The lowest BCUT2D eigenvalue weighted by molar-refractivity contribution is 0.483. The highest BCUT2D eigenvalue weighted by Gasteiger charge is 1.82. The van der Waals surface area contributed by atoms with E-state index >= 15 is 0 Å². The van der Waals surface area contributed by atoms with Gasteiger partial charge < -0.3 is 10.2 Å². The van der Waals surface area contributed by atoms with Gasteiger partial charge in [0.15, 0.2) is 0 Å². The van der Waals surface area contributed by atoms with Crippen molar-refractivity contribution < 1.29 is 10.2 Å². The molecule has 0 fully saturated rings. The third kappa shape index (κ3) is 2.33. The van der Waals surface area contributed by atoms with Gasteiger partial charge in [0.25, 0.3) is 0 Å². The minimum Gasteiger partial charge on any atom is -0.466 e. The summed E-state index contributed by atoms with van der Waals surface area (Å²) in [4.78, 5) is 0. The van der Waals surface area contributed by atoms with Gasteiger partial charge in [-0.1, -0.05) is 24.8 Å². The van der Waals surface area contributed by atoms with Crippen molar-refractivity contribution in [1.29, 1.82) is 0 Å². The first-order chi connectivity index (χ1) is 4.43. The zero-order chi connectivity index (χ0) is 6.53. The Morgan fingerprint density at radius 2 is 1.80 bits per heavy atom. The molecule has 0 unspecified atom stereocenters. The number of hydrogen-bond acceptors (Lipinski definition) is 1. The van der Waals surface area contributed by atoms with Gasteiger partial charge in [-0.15, -0.1) is 0 Å². The molecule has 2 nitrogen and oxygen atoms in total. The van der Waals surface area contributed by atoms with Crippen LogP contribution in [0.1, 0.15) is 0 Å². The molecule has 0 spiro atoms. The maximum absolute atomic E-state index is 4.97. The van der Waals surface area contributed by atoms with Crippen LogP contribution in [0.25, 0.3) is 0 Å². The Morgan fingerprint density at radius 3 is 2.30 bits per heavy atom. The van der Waals surface area contributed by atoms with Crippen LogP contribution >= 0.6 is 0 Å². The average Bonchev–Trinajstić information content (AvgIpc) is 1.91. The van der Waals surface area contributed by atoms with E-state index in [1.165, 1.54) is 6.26 Å². The predicted octanol–water partition coefficient (Wildman–Crippen LogP) is 1.38. The monoisotopic (exact) mass is 138 g/mol. The molecule has 1 aromatic rings. The minimum absolute atomic E-state index is 0. The molecule has 0 amide bonds. The van der Waals surface area contributed by atoms with Crippen LogP contribution in [0.15, 0.2) is 43.2 Å². The predicted molar refractivity (Wildman–Crippen MR) is 40.9 cm³/mol. The van der Waals surface area contributed by atoms with Gasteiger partial charge in [0.2, 0.25) is 0 Å². The van der Waals surface area contributed by atoms with Gasteiger partial charge in [-0.3, -0.25) is 0 Å². The Morgan fingerprint density at radius 1 is 1.20 bits per heavy atom. The van der Waals surface area contributed by atoms with E-state index in [4.69, 9.17) is 4.74 Å². The Labute approximate surface area is 60.1 Å². The number of ether oxygens (including phenoxy) is 1. The first-order valence-corrected chi connectivity index (χ1v) is 2.76. The van der Waals surface area contributed by atoms with Gasteiger partial charge in [0.05, 0.1) is 6.26 Å². The van der Waals surface area contributed by atoms with Crippen LogP contribution < -0.4 is 4.74 Å². The molecule has 0 aromatic heterocycles. The van der Waals surface area contributed by atoms with Crippen LogP contribution in [0, 0.1) is 0 Å². The molecule has 0 aliphatic heterocycles. The third-order valence-corrected chi connectivity index (χ3v) is 0.963. The molecule has 0 radical (unpaired) electrons. The van der Waals surface area contributed by atoms with E-state index in [9.17, 15) is 0 Å². The third-order valence-electron chi connectivity index (χ3n) is 0.963. The molecule has 0 saturated carbocycles. The van der Waals surface area contributed by atoms with E-state index in [1.807, 2.05) is 30.3 Å². The Bertz CT molecular complexity index is 182. The van der Waals surface area contributed by atoms with E-state index in [0.29, 0.717) is 0 Å². The molecule has 0 bridgehead atoms. The fourth-order valence-corrected chi connectivity index (χ4v) is 0.595. The zero-order valence-corrected chi connectivity index (χ0v) is 5.58. The maximum Gasteiger partial charge on any atom is 0.126 e. The number of hydrogen-bond donors (Lipinski definition) is 0. The normalized spacial score (nSPS) is 7.60. The number of rotatable bonds is 2. The Kier molecular flexibility index (Phi) is 4.00. The second kappa shape index (κ2) is 4.58. The van der Waals surface area contributed by atoms with Gasteiger partial charge in [-0.2, -0.15) is 0 Å². The standard InChI is InChI=1S/C8H8O.H2O/c1-2-9-8-6-4-3-5-7-8;/h2-7H,1H2;1H2. The van der Waals surface area contributed by atoms with Crippen LogP contribution in [0.5, 0.6) is 5.75 Å². The molecule has 54 valence electrons. The van der Waals surface area contributed by atoms with Gasteiger partial charge >= 0.3 is 0 Å². The second-order valence-corrected chi connectivity index (χ2v) is 1.60. The topological polar surface area (TPSA) is 40.7 Å². The van der Waals surface area contributed by atoms with Crippen molar-refractivity contribution in [2.24, 2.45) is 0 Å². The van der Waals surface area contributed by atoms with Crippen molar-refractivity contribution in [3.63, 3.8) is 0 Å². The largest absolute Gasteiger partial charge is 0.466 e. The summed E-state index contributed by atoms with van der Waals surface area (Å²) in [5.74, 6) is 0.826. The average molecular weight is 138 g/mol. The van der Waals surface area contributed by atoms with Crippen LogP contribution in [-0.4, -0.2) is 5.48 Å². The summed E-state index contributed by atoms with van der Waals surface area (Å²) in [5.41, 5.74) is 0. The van der Waals surface area contributed by atoms with Crippen molar-refractivity contribution in [3.8, 4) is 5.75 Å². The fourth-order valence-electron chi connectivity index (χ4n) is 0.595. The molecule has 0 atom stereocenters. The first-order valence-electron chi connectivity index (χ1n) is 2.76. The summed E-state index contributed by atoms with van der Waals surface area (Å²) < 4.78 is 4.97. The summed E-state index contributed by atoms with van der Waals surface area (Å²) in [6.45, 7) is 3.43. The van der Waals surface area contributed by atoms with E-state index in [-0.39, 0.29) is 5.48 Å². The summed E-state index contributed by atoms with van der Waals surface area (Å²) >= 11 is 0.